The molecule has 1 atom stereocenters. The average Bonchev–Trinajstić information content (AvgIpc) is 3.02. The van der Waals surface area contributed by atoms with Crippen molar-refractivity contribution in [3.63, 3.8) is 0 Å². The van der Waals surface area contributed by atoms with Gasteiger partial charge in [0, 0.05) is 32.2 Å². The standard InChI is InChI=1S/C12H24N2O/c1-10(2)14(8-11-3-4-11)9-12-7-13-5-6-15-12/h10-13H,3-9H2,1-2H3. The monoisotopic (exact) mass is 212 g/mol. The molecule has 1 N–H and O–H groups in total. The molecule has 2 aliphatic rings. The van der Waals surface area contributed by atoms with Crippen LogP contribution in [0.2, 0.25) is 0 Å². The van der Waals surface area contributed by atoms with Crippen LogP contribution in [0.15, 0.2) is 0 Å². The smallest absolute Gasteiger partial charge is 0.0826 e. The van der Waals surface area contributed by atoms with Crippen molar-refractivity contribution in [2.75, 3.05) is 32.8 Å². The Morgan fingerprint density at radius 2 is 2.13 bits per heavy atom. The summed E-state index contributed by atoms with van der Waals surface area (Å²) in [7, 11) is 0. The van der Waals surface area contributed by atoms with Gasteiger partial charge in [0.25, 0.3) is 0 Å². The zero-order chi connectivity index (χ0) is 10.7. The molecular weight excluding hydrogens is 188 g/mol. The Bertz CT molecular complexity index is 186. The van der Waals surface area contributed by atoms with E-state index in [1.54, 1.807) is 0 Å². The number of nitrogens with one attached hydrogen (secondary N) is 1. The lowest BCUT2D eigenvalue weighted by atomic mass is 10.2. The fourth-order valence-corrected chi connectivity index (χ4v) is 2.13. The van der Waals surface area contributed by atoms with Crippen LogP contribution in [-0.2, 0) is 4.74 Å². The van der Waals surface area contributed by atoms with Gasteiger partial charge in [-0.1, -0.05) is 0 Å². The van der Waals surface area contributed by atoms with E-state index in [2.05, 4.69) is 24.1 Å². The van der Waals surface area contributed by atoms with Crippen molar-refractivity contribution in [3.05, 3.63) is 0 Å². The third-order valence-electron chi connectivity index (χ3n) is 3.36. The van der Waals surface area contributed by atoms with Gasteiger partial charge in [-0.05, 0) is 32.6 Å². The Morgan fingerprint density at radius 3 is 2.67 bits per heavy atom. The number of nitrogens with zero attached hydrogens (tertiary/aromatic N) is 1. The van der Waals surface area contributed by atoms with E-state index in [1.165, 1.54) is 19.4 Å². The SMILES string of the molecule is CC(C)N(CC1CC1)CC1CNCCO1. The van der Waals surface area contributed by atoms with Crippen LogP contribution in [0.5, 0.6) is 0 Å². The van der Waals surface area contributed by atoms with E-state index in [0.29, 0.717) is 12.1 Å². The summed E-state index contributed by atoms with van der Waals surface area (Å²) in [5.74, 6) is 0.976. The van der Waals surface area contributed by atoms with Gasteiger partial charge in [0.1, 0.15) is 0 Å². The second-order valence-electron chi connectivity index (χ2n) is 5.19. The third kappa shape index (κ3) is 3.74. The molecule has 1 aliphatic heterocycles. The predicted octanol–water partition coefficient (Wildman–Crippen LogP) is 1.10. The van der Waals surface area contributed by atoms with Crippen LogP contribution in [-0.4, -0.2) is 49.8 Å². The van der Waals surface area contributed by atoms with E-state index in [0.717, 1.165) is 32.2 Å². The molecule has 0 aromatic heterocycles. The summed E-state index contributed by atoms with van der Waals surface area (Å²) < 4.78 is 5.76. The van der Waals surface area contributed by atoms with Crippen LogP contribution in [0.25, 0.3) is 0 Å². The largest absolute Gasteiger partial charge is 0.374 e. The molecule has 2 fully saturated rings. The molecule has 1 unspecified atom stereocenters. The highest BCUT2D eigenvalue weighted by Crippen LogP contribution is 2.30. The van der Waals surface area contributed by atoms with E-state index in [-0.39, 0.29) is 0 Å². The molecule has 88 valence electrons. The van der Waals surface area contributed by atoms with Crippen molar-refractivity contribution in [2.24, 2.45) is 5.92 Å². The fraction of sp³-hybridized carbons (Fsp3) is 1.00. The first-order chi connectivity index (χ1) is 7.25. The van der Waals surface area contributed by atoms with Crippen LogP contribution in [0, 0.1) is 5.92 Å². The van der Waals surface area contributed by atoms with Gasteiger partial charge in [0.05, 0.1) is 12.7 Å². The topological polar surface area (TPSA) is 24.5 Å². The summed E-state index contributed by atoms with van der Waals surface area (Å²) in [4.78, 5) is 2.58. The normalized spacial score (nSPS) is 27.6. The molecule has 1 aliphatic carbocycles. The second kappa shape index (κ2) is 5.28. The maximum absolute atomic E-state index is 5.76. The first kappa shape index (κ1) is 11.4. The minimum atomic E-state index is 0.403. The molecule has 0 radical (unpaired) electrons. The molecule has 0 aromatic rings. The van der Waals surface area contributed by atoms with Crippen LogP contribution >= 0.6 is 0 Å². The highest BCUT2D eigenvalue weighted by molar-refractivity contribution is 4.81. The maximum atomic E-state index is 5.76. The number of hydrogen-bond acceptors (Lipinski definition) is 3. The molecule has 3 heteroatoms. The summed E-state index contributed by atoms with van der Waals surface area (Å²) in [5.41, 5.74) is 0. The minimum Gasteiger partial charge on any atom is -0.374 e. The van der Waals surface area contributed by atoms with E-state index in [9.17, 15) is 0 Å². The van der Waals surface area contributed by atoms with E-state index < -0.39 is 0 Å². The number of hydrogen-bond donors (Lipinski definition) is 1. The molecule has 0 aromatic carbocycles. The summed E-state index contributed by atoms with van der Waals surface area (Å²) in [6.07, 6.45) is 3.28. The average molecular weight is 212 g/mol. The van der Waals surface area contributed by atoms with Gasteiger partial charge in [0.15, 0.2) is 0 Å². The molecule has 2 rings (SSSR count). The van der Waals surface area contributed by atoms with E-state index in [1.807, 2.05) is 0 Å². The molecule has 3 nitrogen and oxygen atoms in total. The molecule has 1 heterocycles. The van der Waals surface area contributed by atoms with Crippen LogP contribution in [0.4, 0.5) is 0 Å². The van der Waals surface area contributed by atoms with Crippen molar-refractivity contribution in [1.29, 1.82) is 0 Å². The van der Waals surface area contributed by atoms with E-state index >= 15 is 0 Å². The Morgan fingerprint density at radius 1 is 1.33 bits per heavy atom. The van der Waals surface area contributed by atoms with Crippen molar-refractivity contribution < 1.29 is 4.74 Å². The minimum absolute atomic E-state index is 0.403. The van der Waals surface area contributed by atoms with Gasteiger partial charge in [-0.15, -0.1) is 0 Å². The van der Waals surface area contributed by atoms with Crippen molar-refractivity contribution in [1.82, 2.24) is 10.2 Å². The Balaban J connectivity index is 1.75. The molecule has 15 heavy (non-hydrogen) atoms. The maximum Gasteiger partial charge on any atom is 0.0826 e. The lowest BCUT2D eigenvalue weighted by Crippen LogP contribution is -2.47. The zero-order valence-corrected chi connectivity index (χ0v) is 10.0. The number of ether oxygens (including phenoxy) is 1. The van der Waals surface area contributed by atoms with Gasteiger partial charge in [-0.2, -0.15) is 0 Å². The zero-order valence-electron chi connectivity index (χ0n) is 10.0. The lowest BCUT2D eigenvalue weighted by molar-refractivity contribution is -0.00132. The third-order valence-corrected chi connectivity index (χ3v) is 3.36. The van der Waals surface area contributed by atoms with Crippen LogP contribution in [0.1, 0.15) is 26.7 Å². The predicted molar refractivity (Wildman–Crippen MR) is 62.0 cm³/mol. The van der Waals surface area contributed by atoms with E-state index in [4.69, 9.17) is 4.74 Å². The van der Waals surface area contributed by atoms with Crippen LogP contribution in [0.3, 0.4) is 0 Å². The highest BCUT2D eigenvalue weighted by atomic mass is 16.5. The molecular formula is C12H24N2O. The molecule has 1 saturated heterocycles. The molecule has 0 amide bonds. The van der Waals surface area contributed by atoms with Crippen LogP contribution < -0.4 is 5.32 Å². The Kier molecular flexibility index (Phi) is 4.00. The van der Waals surface area contributed by atoms with Crippen molar-refractivity contribution in [2.45, 2.75) is 38.8 Å². The van der Waals surface area contributed by atoms with Gasteiger partial charge < -0.3 is 10.1 Å². The summed E-state index contributed by atoms with van der Waals surface area (Å²) in [6, 6.07) is 0.649. The molecule has 0 spiro atoms. The Labute approximate surface area is 93.2 Å². The first-order valence-corrected chi connectivity index (χ1v) is 6.32. The highest BCUT2D eigenvalue weighted by Gasteiger charge is 2.27. The number of morpholine rings is 1. The molecule has 0 bridgehead atoms. The number of rotatable bonds is 5. The first-order valence-electron chi connectivity index (χ1n) is 6.32. The van der Waals surface area contributed by atoms with Gasteiger partial charge in [-0.3, -0.25) is 4.90 Å². The van der Waals surface area contributed by atoms with Gasteiger partial charge >= 0.3 is 0 Å². The van der Waals surface area contributed by atoms with Crippen molar-refractivity contribution >= 4 is 0 Å². The van der Waals surface area contributed by atoms with Crippen molar-refractivity contribution in [3.8, 4) is 0 Å². The second-order valence-corrected chi connectivity index (χ2v) is 5.19. The fourth-order valence-electron chi connectivity index (χ4n) is 2.13. The lowest BCUT2D eigenvalue weighted by Gasteiger charge is -2.32. The van der Waals surface area contributed by atoms with Gasteiger partial charge in [-0.25, -0.2) is 0 Å². The van der Waals surface area contributed by atoms with Gasteiger partial charge in [0.2, 0.25) is 0 Å². The summed E-state index contributed by atoms with van der Waals surface area (Å²) >= 11 is 0. The summed E-state index contributed by atoms with van der Waals surface area (Å²) in [5, 5.41) is 3.40. The summed E-state index contributed by atoms with van der Waals surface area (Å²) in [6.45, 7) is 9.87. The quantitative estimate of drug-likeness (QED) is 0.738. The molecule has 1 saturated carbocycles. The Hall–Kier alpha value is -0.120.